The van der Waals surface area contributed by atoms with Gasteiger partial charge in [-0.1, -0.05) is 59.1 Å². The number of carbonyl (C=O) groups excluding carboxylic acids is 3. The smallest absolute Gasteiger partial charge is 0.220 e. The molecular weight excluding hydrogens is 1970 g/mol. The number of ether oxygens (including phenoxy) is 7. The lowest BCUT2D eigenvalue weighted by Crippen LogP contribution is -2.19. The number of primary amides is 1. The summed E-state index contributed by atoms with van der Waals surface area (Å²) in [7, 11) is -13.7. The summed E-state index contributed by atoms with van der Waals surface area (Å²) < 4.78 is 145. The number of nitrogen functional groups attached to an aromatic ring is 1. The van der Waals surface area contributed by atoms with E-state index in [0.717, 1.165) is 192 Å². The molecule has 764 valence electrons. The molecule has 0 spiro atoms. The van der Waals surface area contributed by atoms with Gasteiger partial charge >= 0.3 is 0 Å². The highest BCUT2D eigenvalue weighted by Gasteiger charge is 2.36. The molecule has 3 aliphatic carbocycles. The Hall–Kier alpha value is -10.0. The van der Waals surface area contributed by atoms with Crippen molar-refractivity contribution in [2.45, 2.75) is 231 Å². The van der Waals surface area contributed by atoms with Crippen molar-refractivity contribution in [3.63, 3.8) is 0 Å². The number of amides is 1. The number of Topliss-reactive ketones (excluding diaryl/α,β-unsaturated/α-hetero) is 2. The summed E-state index contributed by atoms with van der Waals surface area (Å²) in [6, 6.07) is 28.8. The van der Waals surface area contributed by atoms with Crippen molar-refractivity contribution in [2.75, 3.05) is 119 Å². The molecule has 7 atom stereocenters. The van der Waals surface area contributed by atoms with Gasteiger partial charge in [-0.15, -0.1) is 0 Å². The van der Waals surface area contributed by atoms with E-state index in [0.29, 0.717) is 178 Å². The Labute approximate surface area is 848 Å². The number of hydrogen-bond acceptors (Lipinski definition) is 30. The fourth-order valence-electron chi connectivity index (χ4n) is 19.3. The van der Waals surface area contributed by atoms with Gasteiger partial charge in [0.15, 0.2) is 56.3 Å². The minimum absolute atomic E-state index is 0.00853. The molecule has 7 N–H and O–H groups in total. The average molecular weight is 2100 g/mol. The Bertz CT molecular complexity index is 7150. The second kappa shape index (κ2) is 44.7. The second-order valence-corrected chi connectivity index (χ2v) is 48.0. The summed E-state index contributed by atoms with van der Waals surface area (Å²) >= 11 is 18.5. The Morgan fingerprint density at radius 1 is 0.385 bits per heavy atom. The van der Waals surface area contributed by atoms with E-state index >= 15 is 0 Å². The van der Waals surface area contributed by atoms with Crippen LogP contribution >= 0.6 is 34.8 Å². The SMILES string of the molecule is CC1=Nc2c(Nc3ccc(C4CCOC4)cc3S(C)(=O)=O)cc(CC(=O)C3CC3)nc2C1.CS(=O)(=O)c1cc(C2CCOC2)ccc1N.Cc1nc2c(Cl)cc(Cl)nc2n1C1CCCCO1.Cc1nc2c(Nc3ccc(C4CCOC4)cc3S(C)(=O)=O)cc(CC(=O)C3CC3)nc2n1C1CCCCO1.Cc1nc2c(Nc3ccc(C4CCOC4)cc3S(C)(=O)=O)cc(Cl)nc2n1C1CCCCO1.NC(=O)C1CC1. The number of benzene rings is 4. The zero-order chi connectivity index (χ0) is 101. The molecule has 11 aromatic rings. The molecule has 34 nitrogen and oxygen atoms in total. The van der Waals surface area contributed by atoms with Crippen LogP contribution in [0.1, 0.15) is 228 Å². The molecule has 41 heteroatoms. The lowest BCUT2D eigenvalue weighted by Gasteiger charge is -2.25. The van der Waals surface area contributed by atoms with E-state index in [2.05, 4.69) is 40.9 Å². The number of nitrogens with zero attached hydrogens (tertiary/aromatic N) is 11. The number of nitrogens with two attached hydrogens (primary N) is 2. The molecule has 3 saturated carbocycles. The van der Waals surface area contributed by atoms with Crippen LogP contribution in [0.25, 0.3) is 33.5 Å². The van der Waals surface area contributed by atoms with E-state index in [4.69, 9.17) is 94.4 Å². The topological polar surface area (TPSA) is 458 Å². The molecule has 0 radical (unpaired) electrons. The first-order valence-electron chi connectivity index (χ1n) is 49.0. The van der Waals surface area contributed by atoms with Gasteiger partial charge in [0.1, 0.15) is 80.3 Å². The average Bonchev–Trinajstić information content (AvgIpc) is 1.62. The number of hydrogen-bond donors (Lipinski definition) is 5. The maximum absolute atomic E-state index is 12.9. The number of anilines is 7. The van der Waals surface area contributed by atoms with Gasteiger partial charge in [0, 0.05) is 144 Å². The molecule has 15 heterocycles. The first kappa shape index (κ1) is 104. The van der Waals surface area contributed by atoms with E-state index < -0.39 is 39.3 Å². The van der Waals surface area contributed by atoms with Crippen LogP contribution in [0.2, 0.25) is 15.3 Å². The van der Waals surface area contributed by atoms with Crippen molar-refractivity contribution < 1.29 is 81.2 Å². The highest BCUT2D eigenvalue weighted by atomic mass is 35.5. The minimum atomic E-state index is -3.53. The molecule has 4 aromatic carbocycles. The molecule has 22 rings (SSSR count). The third kappa shape index (κ3) is 25.6. The van der Waals surface area contributed by atoms with Gasteiger partial charge in [-0.2, -0.15) is 0 Å². The maximum atomic E-state index is 12.9. The van der Waals surface area contributed by atoms with Gasteiger partial charge < -0.3 is 60.6 Å². The first-order valence-corrected chi connectivity index (χ1v) is 57.7. The zero-order valence-corrected chi connectivity index (χ0v) is 87.1. The van der Waals surface area contributed by atoms with Crippen molar-refractivity contribution >= 4 is 176 Å². The number of pyridine rings is 4. The van der Waals surface area contributed by atoms with Gasteiger partial charge in [0.05, 0.1) is 108 Å². The van der Waals surface area contributed by atoms with Crippen molar-refractivity contribution in [3.05, 3.63) is 169 Å². The van der Waals surface area contributed by atoms with Crippen molar-refractivity contribution in [2.24, 2.45) is 28.5 Å². The van der Waals surface area contributed by atoms with E-state index in [1.807, 2.05) is 89.9 Å². The van der Waals surface area contributed by atoms with Gasteiger partial charge in [0.2, 0.25) is 5.91 Å². The molecule has 10 fully saturated rings. The van der Waals surface area contributed by atoms with E-state index in [1.54, 1.807) is 48.5 Å². The van der Waals surface area contributed by atoms with Crippen molar-refractivity contribution in [1.82, 2.24) is 48.6 Å². The van der Waals surface area contributed by atoms with Crippen LogP contribution in [0.5, 0.6) is 0 Å². The number of carbonyl (C=O) groups is 3. The van der Waals surface area contributed by atoms with Crippen LogP contribution in [0.15, 0.2) is 122 Å². The number of aryl methyl sites for hydroxylation is 3. The predicted molar refractivity (Wildman–Crippen MR) is 549 cm³/mol. The van der Waals surface area contributed by atoms with Crippen LogP contribution in [0.4, 0.5) is 45.5 Å². The van der Waals surface area contributed by atoms with E-state index in [9.17, 15) is 48.1 Å². The van der Waals surface area contributed by atoms with Gasteiger partial charge in [0.25, 0.3) is 0 Å². The van der Waals surface area contributed by atoms with Crippen molar-refractivity contribution in [3.8, 4) is 0 Å². The number of nitrogens with one attached hydrogen (secondary N) is 3. The molecular formula is C102H123Cl3N16O18S4. The summed E-state index contributed by atoms with van der Waals surface area (Å²) in [6.45, 7) is 15.2. The summed E-state index contributed by atoms with van der Waals surface area (Å²) in [4.78, 5) is 73.1. The predicted octanol–water partition coefficient (Wildman–Crippen LogP) is 18.1. The molecule has 7 aromatic heterocycles. The molecule has 1 amide bonds. The third-order valence-electron chi connectivity index (χ3n) is 27.4. The lowest BCUT2D eigenvalue weighted by molar-refractivity contribution is -0.120. The largest absolute Gasteiger partial charge is 0.398 e. The summed E-state index contributed by atoms with van der Waals surface area (Å²) in [6.07, 6.45) is 24.3. The number of sulfone groups is 4. The van der Waals surface area contributed by atoms with Crippen LogP contribution in [0.3, 0.4) is 0 Å². The van der Waals surface area contributed by atoms with Crippen LogP contribution in [-0.4, -0.2) is 203 Å². The number of aliphatic imine (C=N–C) groups is 1. The monoisotopic (exact) mass is 2090 g/mol. The quantitative estimate of drug-likeness (QED) is 0.0277. The molecule has 143 heavy (non-hydrogen) atoms. The zero-order valence-electron chi connectivity index (χ0n) is 81.5. The number of halogens is 3. The summed E-state index contributed by atoms with van der Waals surface area (Å²) in [5.41, 5.74) is 25.9. The number of aromatic nitrogens is 10. The molecule has 8 aliphatic heterocycles. The third-order valence-corrected chi connectivity index (χ3v) is 32.7. The van der Waals surface area contributed by atoms with E-state index in [1.165, 1.54) is 25.0 Å². The fraction of sp³-hybridized carbons (Fsp3) is 0.500. The summed E-state index contributed by atoms with van der Waals surface area (Å²) in [5.74, 6) is 4.11. The number of ketones is 2. The fourth-order valence-corrected chi connectivity index (χ4v) is 23.4. The van der Waals surface area contributed by atoms with Crippen LogP contribution in [0, 0.1) is 38.5 Å². The van der Waals surface area contributed by atoms with E-state index in [-0.39, 0.29) is 97.7 Å². The lowest BCUT2D eigenvalue weighted by atomic mass is 9.98. The highest BCUT2D eigenvalue weighted by molar-refractivity contribution is 7.91. The number of rotatable bonds is 24. The molecule has 7 unspecified atom stereocenters. The van der Waals surface area contributed by atoms with Gasteiger partial charge in [-0.3, -0.25) is 38.1 Å². The normalized spacial score (nSPS) is 21.2. The van der Waals surface area contributed by atoms with Gasteiger partial charge in [-0.25, -0.2) is 63.6 Å². The van der Waals surface area contributed by atoms with Crippen LogP contribution < -0.4 is 27.4 Å². The Morgan fingerprint density at radius 2 is 0.734 bits per heavy atom. The van der Waals surface area contributed by atoms with Gasteiger partial charge in [-0.05, 0) is 239 Å². The standard InChI is InChI=1S/C28H34N4O5S.C24H27N3O4S.C23H27ClN4O4S.C12H13Cl2N3O.C11H15NO3S.C4H7NO/c1-17-29-27-23(31-22-9-8-19(20-10-12-36-16-20)13-25(22)38(2,34)35)14-21(15-24(33)18-6-7-18)30-28(27)32(17)26-5-3-4-11-37-26;1-14-9-20-24(25-14)21(11-18(26-20)12-22(28)15-3-4-15)27-19-6-5-16(17-7-8-31-13-17)10-23(19)32(2,29)30;1-14-25-22-18(12-20(24)27-23(22)28(14)21-5-3-4-9-32-21)26-17-7-6-15(16-8-10-31-13-16)11-19(17)33(2,29)30;1-7-15-11-8(13)6-9(14)16-12(11)17(7)10-4-2-3-5-18-10;1-16(13,14)11-6-8(2-3-10(11)12)9-4-5-15-7-9;5-4(6)3-1-2-3/h8-9,13-14,18,20,26H,3-7,10-12,15-16H2,1-2H3,(H,30,31);5-6,10-11,15,17H,3-4,7-9,12-13H2,1-2H3,(H,26,27);6-7,11-12,16,21H,3-5,8-10,13H2,1-2H3,(H,26,27);6,10H,2-5H2,1H3;2-3,6,9H,4-5,7,12H2,1H3;3H,1-2H2,(H2,5,6). The number of fused-ring (bicyclic) bond motifs is 4. The molecule has 11 aliphatic rings. The summed E-state index contributed by atoms with van der Waals surface area (Å²) in [5, 5.41) is 11.1. The van der Waals surface area contributed by atoms with Crippen molar-refractivity contribution in [1.29, 1.82) is 0 Å². The molecule has 0 bridgehead atoms. The van der Waals surface area contributed by atoms with Crippen LogP contribution in [-0.2, 0) is 106 Å². The Balaban J connectivity index is 0.000000124. The Kier molecular flexibility index (Phi) is 32.6. The highest BCUT2D eigenvalue weighted by Crippen LogP contribution is 2.45. The molecule has 7 saturated heterocycles. The second-order valence-electron chi connectivity index (χ2n) is 38.9. The minimum Gasteiger partial charge on any atom is -0.398 e. The first-order chi connectivity index (χ1) is 68.3. The Morgan fingerprint density at radius 3 is 1.10 bits per heavy atom. The number of imidazole rings is 3. The maximum Gasteiger partial charge on any atom is 0.220 e.